The molecule has 0 radical (unpaired) electrons. The third kappa shape index (κ3) is 0.782. The lowest BCUT2D eigenvalue weighted by Gasteiger charge is -2.32. The number of hydrogen-bond acceptors (Lipinski definition) is 3. The molecular weight excluding hydrogens is 206 g/mol. The van der Waals surface area contributed by atoms with Crippen molar-refractivity contribution in [2.75, 3.05) is 0 Å². The van der Waals surface area contributed by atoms with Gasteiger partial charge < -0.3 is 5.21 Å². The molecule has 0 spiro atoms. The van der Waals surface area contributed by atoms with Gasteiger partial charge in [0.05, 0.1) is 10.1 Å². The van der Waals surface area contributed by atoms with Crippen molar-refractivity contribution >= 4 is 0 Å². The van der Waals surface area contributed by atoms with Crippen molar-refractivity contribution in [2.24, 2.45) is 5.41 Å². The van der Waals surface area contributed by atoms with Gasteiger partial charge in [-0.05, 0) is 34.0 Å². The highest BCUT2D eigenvalue weighted by molar-refractivity contribution is 5.40. The van der Waals surface area contributed by atoms with Crippen LogP contribution in [0.1, 0.15) is 50.8 Å². The molecular formula is C11H15N3O2. The fourth-order valence-corrected chi connectivity index (χ4v) is 3.67. The Morgan fingerprint density at radius 3 is 2.94 bits per heavy atom. The van der Waals surface area contributed by atoms with E-state index in [1.807, 2.05) is 0 Å². The maximum absolute atomic E-state index is 11.8. The average Bonchev–Trinajstić information content (AvgIpc) is 2.53. The zero-order chi connectivity index (χ0) is 11.7. The first-order valence-corrected chi connectivity index (χ1v) is 5.62. The number of aromatic nitrogens is 3. The van der Waals surface area contributed by atoms with E-state index in [1.54, 1.807) is 6.20 Å². The summed E-state index contributed by atoms with van der Waals surface area (Å²) in [5.74, 6) is 0.362. The van der Waals surface area contributed by atoms with Crippen LogP contribution in [0.25, 0.3) is 0 Å². The zero-order valence-electron chi connectivity index (χ0n) is 9.73. The molecule has 2 aliphatic rings. The van der Waals surface area contributed by atoms with Gasteiger partial charge in [-0.1, -0.05) is 20.8 Å². The molecule has 1 saturated carbocycles. The van der Waals surface area contributed by atoms with Crippen LogP contribution >= 0.6 is 0 Å². The molecule has 1 aromatic rings. The van der Waals surface area contributed by atoms with Crippen LogP contribution in [0, 0.1) is 15.5 Å². The van der Waals surface area contributed by atoms with Gasteiger partial charge in [0, 0.05) is 10.5 Å². The Morgan fingerprint density at radius 1 is 1.56 bits per heavy atom. The fourth-order valence-electron chi connectivity index (χ4n) is 3.67. The van der Waals surface area contributed by atoms with Crippen LogP contribution < -0.4 is 4.54 Å². The molecule has 1 fully saturated rings. The molecule has 86 valence electrons. The first-order chi connectivity index (χ1) is 7.39. The molecule has 0 aliphatic heterocycles. The molecule has 1 heterocycles. The second-order valence-electron chi connectivity index (χ2n) is 5.72. The molecule has 5 heteroatoms. The molecule has 0 N–H and O–H groups in total. The normalized spacial score (nSPS) is 34.1. The van der Waals surface area contributed by atoms with E-state index in [9.17, 15) is 10.1 Å². The first-order valence-electron chi connectivity index (χ1n) is 5.62. The highest BCUT2D eigenvalue weighted by Crippen LogP contribution is 2.66. The summed E-state index contributed by atoms with van der Waals surface area (Å²) in [5.41, 5.74) is 1.46. The summed E-state index contributed by atoms with van der Waals surface area (Å²) >= 11 is 0. The lowest BCUT2D eigenvalue weighted by Crippen LogP contribution is -2.43. The molecule has 0 unspecified atom stereocenters. The Labute approximate surface area is 93.2 Å². The van der Waals surface area contributed by atoms with Crippen molar-refractivity contribution in [1.29, 1.82) is 0 Å². The van der Waals surface area contributed by atoms with Gasteiger partial charge in [-0.3, -0.25) is 0 Å². The van der Waals surface area contributed by atoms with Crippen molar-refractivity contribution in [3.8, 4) is 0 Å². The highest BCUT2D eigenvalue weighted by atomic mass is 16.6. The van der Waals surface area contributed by atoms with Crippen LogP contribution in [-0.4, -0.2) is 10.1 Å². The van der Waals surface area contributed by atoms with E-state index in [0.29, 0.717) is 16.2 Å². The molecule has 16 heavy (non-hydrogen) atoms. The zero-order valence-corrected chi connectivity index (χ0v) is 9.73. The van der Waals surface area contributed by atoms with E-state index in [1.165, 1.54) is 0 Å². The Hall–Kier alpha value is -1.39. The summed E-state index contributed by atoms with van der Waals surface area (Å²) in [6.07, 6.45) is 3.64. The maximum atomic E-state index is 11.8. The van der Waals surface area contributed by atoms with Gasteiger partial charge in [0.25, 0.3) is 0 Å². The van der Waals surface area contributed by atoms with Gasteiger partial charge in [0.15, 0.2) is 11.9 Å². The minimum Gasteiger partial charge on any atom is -0.738 e. The largest absolute Gasteiger partial charge is 0.738 e. The molecule has 5 nitrogen and oxygen atoms in total. The second kappa shape index (κ2) is 2.47. The van der Waals surface area contributed by atoms with Gasteiger partial charge in [-0.2, -0.15) is 0 Å². The fraction of sp³-hybridized carbons (Fsp3) is 0.727. The smallest absolute Gasteiger partial charge is 0.192 e. The number of fused-ring (bicyclic) bond motifs is 5. The number of nitrogens with zero attached hydrogens (tertiary/aromatic N) is 3. The van der Waals surface area contributed by atoms with E-state index in [4.69, 9.17) is 0 Å². The van der Waals surface area contributed by atoms with Crippen LogP contribution in [-0.2, 0) is 5.41 Å². The average molecular weight is 221 g/mol. The molecule has 2 bridgehead atoms. The molecule has 2 atom stereocenters. The van der Waals surface area contributed by atoms with E-state index in [-0.39, 0.29) is 15.8 Å². The summed E-state index contributed by atoms with van der Waals surface area (Å²) in [7, 11) is 0. The van der Waals surface area contributed by atoms with Crippen LogP contribution in [0.15, 0.2) is 6.20 Å². The van der Waals surface area contributed by atoms with E-state index >= 15 is 0 Å². The lowest BCUT2D eigenvalue weighted by atomic mass is 9.70. The Balaban J connectivity index is 2.40. The van der Waals surface area contributed by atoms with E-state index in [0.717, 1.165) is 18.4 Å². The van der Waals surface area contributed by atoms with Gasteiger partial charge in [-0.25, -0.2) is 0 Å². The van der Waals surface area contributed by atoms with Crippen LogP contribution in [0.4, 0.5) is 0 Å². The molecule has 1 aromatic heterocycles. The second-order valence-corrected chi connectivity index (χ2v) is 5.72. The third-order valence-electron chi connectivity index (χ3n) is 5.04. The highest BCUT2D eigenvalue weighted by Gasteiger charge is 2.63. The topological polar surface area (TPSA) is 63.9 Å². The predicted octanol–water partition coefficient (Wildman–Crippen LogP) is 1.32. The quantitative estimate of drug-likeness (QED) is 0.620. The monoisotopic (exact) mass is 221 g/mol. The van der Waals surface area contributed by atoms with Gasteiger partial charge in [-0.15, -0.1) is 0 Å². The van der Waals surface area contributed by atoms with E-state index in [2.05, 4.69) is 25.9 Å². The maximum Gasteiger partial charge on any atom is 0.192 e. The summed E-state index contributed by atoms with van der Waals surface area (Å²) < 4.78 is 0.427. The van der Waals surface area contributed by atoms with Crippen LogP contribution in [0.2, 0.25) is 0 Å². The standard InChI is InChI=1S/C11H15N3O2/c1-10(2)8-4-5-11(10,3)9-7(8)6-12-14(16)13(9)15/h6,8H,4-5H2,1-3H3/t8-,11+/m1/s1. The summed E-state index contributed by atoms with van der Waals surface area (Å²) in [5, 5.41) is 14.8. The minimum atomic E-state index is -0.191. The minimum absolute atomic E-state index is 0.0392. The van der Waals surface area contributed by atoms with Crippen LogP contribution in [0.5, 0.6) is 0 Å². The van der Waals surface area contributed by atoms with E-state index < -0.39 is 0 Å². The van der Waals surface area contributed by atoms with Crippen molar-refractivity contribution in [3.05, 3.63) is 27.6 Å². The van der Waals surface area contributed by atoms with Crippen molar-refractivity contribution < 1.29 is 4.54 Å². The molecule has 0 aromatic carbocycles. The third-order valence-corrected chi connectivity index (χ3v) is 5.04. The number of rotatable bonds is 0. The summed E-state index contributed by atoms with van der Waals surface area (Å²) in [6, 6.07) is 0. The molecule has 0 saturated heterocycles. The Morgan fingerprint density at radius 2 is 2.25 bits per heavy atom. The summed E-state index contributed by atoms with van der Waals surface area (Å²) in [6.45, 7) is 6.45. The predicted molar refractivity (Wildman–Crippen MR) is 57.5 cm³/mol. The Kier molecular flexibility index (Phi) is 1.51. The molecule has 0 amide bonds. The molecule has 2 aliphatic carbocycles. The SMILES string of the molecule is CC1(C)[C@@H]2CC[C@@]1(C)c1c2cnn([O-])[n+]1=O. The first kappa shape index (κ1) is 9.81. The number of hydrogen-bond donors (Lipinski definition) is 0. The van der Waals surface area contributed by atoms with Crippen molar-refractivity contribution in [1.82, 2.24) is 10.1 Å². The lowest BCUT2D eigenvalue weighted by molar-refractivity contribution is -0.608. The van der Waals surface area contributed by atoms with Gasteiger partial charge >= 0.3 is 0 Å². The summed E-state index contributed by atoms with van der Waals surface area (Å²) in [4.78, 5) is 12.0. The van der Waals surface area contributed by atoms with Crippen molar-refractivity contribution in [3.63, 3.8) is 0 Å². The van der Waals surface area contributed by atoms with Gasteiger partial charge in [0.2, 0.25) is 0 Å². The van der Waals surface area contributed by atoms with Crippen LogP contribution in [0.3, 0.4) is 0 Å². The Bertz CT molecular complexity index is 535. The molecule has 3 rings (SSSR count). The van der Waals surface area contributed by atoms with Gasteiger partial charge in [0.1, 0.15) is 0 Å². The van der Waals surface area contributed by atoms with Crippen molar-refractivity contribution in [2.45, 2.75) is 44.9 Å².